The molecule has 5 heteroatoms. The van der Waals surface area contributed by atoms with Gasteiger partial charge < -0.3 is 10.2 Å². The number of piperazine rings is 1. The highest BCUT2D eigenvalue weighted by Gasteiger charge is 2.17. The number of amides is 1. The summed E-state index contributed by atoms with van der Waals surface area (Å²) in [4.78, 5) is 31.3. The molecule has 0 radical (unpaired) electrons. The Balaban J connectivity index is 1.45. The zero-order chi connectivity index (χ0) is 19.3. The Morgan fingerprint density at radius 2 is 1.61 bits per heavy atom. The van der Waals surface area contributed by atoms with Crippen LogP contribution in [0.15, 0.2) is 66.7 Å². The summed E-state index contributed by atoms with van der Waals surface area (Å²) in [6.07, 6.45) is 3.23. The number of aromatic nitrogens is 1. The van der Waals surface area contributed by atoms with Crippen LogP contribution in [-0.4, -0.2) is 47.8 Å². The van der Waals surface area contributed by atoms with Gasteiger partial charge in [0.25, 0.3) is 5.91 Å². The van der Waals surface area contributed by atoms with Crippen molar-refractivity contribution in [3.8, 4) is 0 Å². The molecule has 1 aliphatic rings. The third-order valence-electron chi connectivity index (χ3n) is 4.85. The van der Waals surface area contributed by atoms with Gasteiger partial charge in [-0.25, -0.2) is 4.98 Å². The van der Waals surface area contributed by atoms with Crippen molar-refractivity contribution in [2.24, 2.45) is 0 Å². The van der Waals surface area contributed by atoms with E-state index in [-0.39, 0.29) is 11.7 Å². The summed E-state index contributed by atoms with van der Waals surface area (Å²) in [6.45, 7) is 3.05. The number of pyridine rings is 1. The van der Waals surface area contributed by atoms with Gasteiger partial charge in [0.05, 0.1) is 11.2 Å². The second kappa shape index (κ2) is 8.15. The minimum atomic E-state index is -0.115. The number of para-hydroxylation sites is 1. The number of benzene rings is 2. The molecule has 0 bridgehead atoms. The van der Waals surface area contributed by atoms with Gasteiger partial charge in [-0.1, -0.05) is 36.4 Å². The third kappa shape index (κ3) is 4.00. The van der Waals surface area contributed by atoms with Gasteiger partial charge in [-0.15, -0.1) is 0 Å². The zero-order valence-corrected chi connectivity index (χ0v) is 15.5. The first-order valence-corrected chi connectivity index (χ1v) is 9.39. The van der Waals surface area contributed by atoms with Crippen LogP contribution in [0.2, 0.25) is 0 Å². The van der Waals surface area contributed by atoms with Gasteiger partial charge in [0.1, 0.15) is 0 Å². The first kappa shape index (κ1) is 18.1. The number of rotatable bonds is 4. The largest absolute Gasteiger partial charge is 0.336 e. The highest BCUT2D eigenvalue weighted by Crippen LogP contribution is 2.14. The average Bonchev–Trinajstić information content (AvgIpc) is 2.77. The molecule has 5 nitrogen and oxygen atoms in total. The smallest absolute Gasteiger partial charge is 0.253 e. The van der Waals surface area contributed by atoms with E-state index in [1.807, 2.05) is 41.3 Å². The highest BCUT2D eigenvalue weighted by molar-refractivity contribution is 6.07. The minimum absolute atomic E-state index is 0.0106. The molecule has 4 rings (SSSR count). The molecule has 0 spiro atoms. The van der Waals surface area contributed by atoms with Crippen LogP contribution in [0.25, 0.3) is 17.0 Å². The summed E-state index contributed by atoms with van der Waals surface area (Å²) >= 11 is 0. The molecule has 1 amide bonds. The van der Waals surface area contributed by atoms with E-state index < -0.39 is 0 Å². The Kier molecular flexibility index (Phi) is 5.26. The lowest BCUT2D eigenvalue weighted by Gasteiger charge is -2.27. The van der Waals surface area contributed by atoms with Crippen LogP contribution in [0, 0.1) is 0 Å². The van der Waals surface area contributed by atoms with Crippen LogP contribution in [0.1, 0.15) is 26.4 Å². The quantitative estimate of drug-likeness (QED) is 0.565. The van der Waals surface area contributed by atoms with Gasteiger partial charge in [0.15, 0.2) is 5.78 Å². The highest BCUT2D eigenvalue weighted by atomic mass is 16.2. The standard InChI is InChI=1S/C23H21N3O2/c27-22(12-11-20-10-9-17-3-1-2-4-21(17)25-20)18-5-7-19(8-6-18)23(28)26-15-13-24-14-16-26/h1-12,24H,13-16H2/b12-11+. The molecule has 0 aliphatic carbocycles. The average molecular weight is 371 g/mol. The van der Waals surface area contributed by atoms with E-state index in [9.17, 15) is 9.59 Å². The second-order valence-corrected chi connectivity index (χ2v) is 6.75. The van der Waals surface area contributed by atoms with Crippen LogP contribution in [0.3, 0.4) is 0 Å². The fraction of sp³-hybridized carbons (Fsp3) is 0.174. The Labute approximate surface area is 163 Å². The molecule has 1 aromatic heterocycles. The Bertz CT molecular complexity index is 1040. The van der Waals surface area contributed by atoms with Crippen molar-refractivity contribution in [1.82, 2.24) is 15.2 Å². The van der Waals surface area contributed by atoms with E-state index in [4.69, 9.17) is 0 Å². The predicted molar refractivity (Wildman–Crippen MR) is 110 cm³/mol. The molecule has 1 fully saturated rings. The number of fused-ring (bicyclic) bond motifs is 1. The van der Waals surface area contributed by atoms with Crippen molar-refractivity contribution in [2.45, 2.75) is 0 Å². The number of carbonyl (C=O) groups is 2. The molecule has 1 aliphatic heterocycles. The Morgan fingerprint density at radius 3 is 2.39 bits per heavy atom. The number of hydrogen-bond acceptors (Lipinski definition) is 4. The van der Waals surface area contributed by atoms with Crippen LogP contribution in [0.4, 0.5) is 0 Å². The summed E-state index contributed by atoms with van der Waals surface area (Å²) < 4.78 is 0. The molecule has 0 unspecified atom stereocenters. The van der Waals surface area contributed by atoms with Gasteiger partial charge in [-0.2, -0.15) is 0 Å². The fourth-order valence-corrected chi connectivity index (χ4v) is 3.26. The van der Waals surface area contributed by atoms with Crippen LogP contribution >= 0.6 is 0 Å². The number of ketones is 1. The van der Waals surface area contributed by atoms with Gasteiger partial charge in [0, 0.05) is 42.7 Å². The summed E-state index contributed by atoms with van der Waals surface area (Å²) in [6, 6.07) is 18.6. The van der Waals surface area contributed by atoms with Gasteiger partial charge >= 0.3 is 0 Å². The van der Waals surface area contributed by atoms with E-state index in [0.717, 1.165) is 29.7 Å². The molecule has 140 valence electrons. The van der Waals surface area contributed by atoms with Crippen molar-refractivity contribution < 1.29 is 9.59 Å². The van der Waals surface area contributed by atoms with Crippen molar-refractivity contribution >= 4 is 28.7 Å². The van der Waals surface area contributed by atoms with E-state index in [2.05, 4.69) is 10.3 Å². The van der Waals surface area contributed by atoms with Crippen LogP contribution in [-0.2, 0) is 0 Å². The van der Waals surface area contributed by atoms with Crippen molar-refractivity contribution in [2.75, 3.05) is 26.2 Å². The predicted octanol–water partition coefficient (Wildman–Crippen LogP) is 3.18. The number of nitrogens with zero attached hydrogens (tertiary/aromatic N) is 2. The topological polar surface area (TPSA) is 62.3 Å². The maximum Gasteiger partial charge on any atom is 0.253 e. The Hall–Kier alpha value is -3.31. The lowest BCUT2D eigenvalue weighted by Crippen LogP contribution is -2.46. The maximum absolute atomic E-state index is 12.5. The summed E-state index contributed by atoms with van der Waals surface area (Å²) in [5, 5.41) is 4.30. The summed E-state index contributed by atoms with van der Waals surface area (Å²) in [5.74, 6) is -0.104. The molecule has 2 heterocycles. The van der Waals surface area contributed by atoms with Crippen molar-refractivity contribution in [3.05, 3.63) is 83.6 Å². The number of carbonyl (C=O) groups excluding carboxylic acids is 2. The molecule has 1 saturated heterocycles. The molecule has 1 N–H and O–H groups in total. The molecule has 0 saturated carbocycles. The minimum Gasteiger partial charge on any atom is -0.336 e. The SMILES string of the molecule is O=C(/C=C/c1ccc2ccccc2n1)c1ccc(C(=O)N2CCNCC2)cc1. The van der Waals surface area contributed by atoms with Gasteiger partial charge in [-0.05, 0) is 36.4 Å². The maximum atomic E-state index is 12.5. The monoisotopic (exact) mass is 371 g/mol. The van der Waals surface area contributed by atoms with Crippen molar-refractivity contribution in [3.63, 3.8) is 0 Å². The van der Waals surface area contributed by atoms with E-state index in [1.54, 1.807) is 30.3 Å². The lowest BCUT2D eigenvalue weighted by molar-refractivity contribution is 0.0735. The number of nitrogens with one attached hydrogen (secondary N) is 1. The van der Waals surface area contributed by atoms with E-state index in [1.165, 1.54) is 6.08 Å². The summed E-state index contributed by atoms with van der Waals surface area (Å²) in [7, 11) is 0. The molecular formula is C23H21N3O2. The van der Waals surface area contributed by atoms with Gasteiger partial charge in [-0.3, -0.25) is 9.59 Å². The van der Waals surface area contributed by atoms with Crippen LogP contribution in [0.5, 0.6) is 0 Å². The first-order valence-electron chi connectivity index (χ1n) is 9.39. The number of hydrogen-bond donors (Lipinski definition) is 1. The second-order valence-electron chi connectivity index (χ2n) is 6.75. The normalized spacial score (nSPS) is 14.5. The third-order valence-corrected chi connectivity index (χ3v) is 4.85. The van der Waals surface area contributed by atoms with E-state index >= 15 is 0 Å². The molecule has 28 heavy (non-hydrogen) atoms. The first-order chi connectivity index (χ1) is 13.7. The lowest BCUT2D eigenvalue weighted by atomic mass is 10.1. The Morgan fingerprint density at radius 1 is 0.893 bits per heavy atom. The zero-order valence-electron chi connectivity index (χ0n) is 15.5. The number of allylic oxidation sites excluding steroid dienone is 1. The molecule has 0 atom stereocenters. The molecular weight excluding hydrogens is 350 g/mol. The molecule has 3 aromatic rings. The fourth-order valence-electron chi connectivity index (χ4n) is 3.26. The molecule has 2 aromatic carbocycles. The summed E-state index contributed by atoms with van der Waals surface area (Å²) in [5.41, 5.74) is 2.79. The van der Waals surface area contributed by atoms with Crippen LogP contribution < -0.4 is 5.32 Å². The van der Waals surface area contributed by atoms with Gasteiger partial charge in [0.2, 0.25) is 0 Å². The van der Waals surface area contributed by atoms with E-state index in [0.29, 0.717) is 24.2 Å². The van der Waals surface area contributed by atoms with Crippen molar-refractivity contribution in [1.29, 1.82) is 0 Å².